The summed E-state index contributed by atoms with van der Waals surface area (Å²) in [7, 11) is 0. The number of amides is 1. The number of aryl methyl sites for hydroxylation is 3. The van der Waals surface area contributed by atoms with Crippen LogP contribution in [0.15, 0.2) is 60.9 Å². The summed E-state index contributed by atoms with van der Waals surface area (Å²) in [6.45, 7) is 4.59. The summed E-state index contributed by atoms with van der Waals surface area (Å²) in [5, 5.41) is 11.3. The molecule has 2 aromatic heterocycles. The minimum Gasteiger partial charge on any atom is -0.352 e. The van der Waals surface area contributed by atoms with Gasteiger partial charge in [-0.1, -0.05) is 24.3 Å². The van der Waals surface area contributed by atoms with Gasteiger partial charge in [0.05, 0.1) is 17.3 Å². The van der Waals surface area contributed by atoms with Crippen molar-refractivity contribution in [2.75, 3.05) is 6.54 Å². The van der Waals surface area contributed by atoms with Gasteiger partial charge in [0.1, 0.15) is 0 Å². The maximum atomic E-state index is 12.2. The van der Waals surface area contributed by atoms with E-state index >= 15 is 0 Å². The van der Waals surface area contributed by atoms with Crippen LogP contribution in [0.25, 0.3) is 22.0 Å². The predicted octanol–water partition coefficient (Wildman–Crippen LogP) is 4.60. The Morgan fingerprint density at radius 2 is 1.90 bits per heavy atom. The van der Waals surface area contributed by atoms with Gasteiger partial charge in [-0.3, -0.25) is 14.9 Å². The van der Waals surface area contributed by atoms with E-state index in [9.17, 15) is 4.79 Å². The standard InChI is InChI=1S/C24H24N4O/c1-16-13-20(14-21-15-27-28-23(16)21)19-9-7-18(8-10-19)5-3-12-26-24(29)22-6-4-11-25-17(22)2/h4,6-11,13-15H,3,5,12H2,1-2H3,(H,26,29)(H,27,28). The number of aromatic nitrogens is 3. The first-order chi connectivity index (χ1) is 14.1. The maximum absolute atomic E-state index is 12.2. The van der Waals surface area contributed by atoms with Crippen molar-refractivity contribution < 1.29 is 4.79 Å². The number of hydrogen-bond donors (Lipinski definition) is 2. The number of nitrogens with one attached hydrogen (secondary N) is 2. The fourth-order valence-electron chi connectivity index (χ4n) is 3.58. The molecule has 5 heteroatoms. The minimum absolute atomic E-state index is 0.0593. The molecule has 1 amide bonds. The summed E-state index contributed by atoms with van der Waals surface area (Å²) in [4.78, 5) is 16.4. The van der Waals surface area contributed by atoms with E-state index in [0.717, 1.165) is 29.4 Å². The molecular weight excluding hydrogens is 360 g/mol. The van der Waals surface area contributed by atoms with E-state index < -0.39 is 0 Å². The van der Waals surface area contributed by atoms with Gasteiger partial charge < -0.3 is 5.32 Å². The molecule has 0 aliphatic carbocycles. The van der Waals surface area contributed by atoms with Gasteiger partial charge in [-0.15, -0.1) is 0 Å². The number of H-pyrrole nitrogens is 1. The molecule has 5 nitrogen and oxygen atoms in total. The minimum atomic E-state index is -0.0593. The predicted molar refractivity (Wildman–Crippen MR) is 116 cm³/mol. The topological polar surface area (TPSA) is 70.7 Å². The maximum Gasteiger partial charge on any atom is 0.253 e. The van der Waals surface area contributed by atoms with Gasteiger partial charge >= 0.3 is 0 Å². The highest BCUT2D eigenvalue weighted by Gasteiger charge is 2.08. The number of carbonyl (C=O) groups excluding carboxylic acids is 1. The molecule has 0 radical (unpaired) electrons. The Balaban J connectivity index is 1.34. The number of fused-ring (bicyclic) bond motifs is 1. The van der Waals surface area contributed by atoms with Crippen molar-refractivity contribution in [2.45, 2.75) is 26.7 Å². The van der Waals surface area contributed by atoms with E-state index in [2.05, 4.69) is 63.8 Å². The molecule has 146 valence electrons. The number of pyridine rings is 1. The molecule has 2 N–H and O–H groups in total. The van der Waals surface area contributed by atoms with Crippen molar-refractivity contribution in [1.82, 2.24) is 20.5 Å². The van der Waals surface area contributed by atoms with Crippen molar-refractivity contribution in [3.63, 3.8) is 0 Å². The molecule has 2 aromatic carbocycles. The number of hydrogen-bond acceptors (Lipinski definition) is 3. The largest absolute Gasteiger partial charge is 0.352 e. The summed E-state index contributed by atoms with van der Waals surface area (Å²) < 4.78 is 0. The molecule has 0 saturated carbocycles. The zero-order valence-electron chi connectivity index (χ0n) is 16.7. The van der Waals surface area contributed by atoms with E-state index in [0.29, 0.717) is 12.1 Å². The van der Waals surface area contributed by atoms with Crippen LogP contribution in [0.4, 0.5) is 0 Å². The first kappa shape index (κ1) is 18.9. The smallest absolute Gasteiger partial charge is 0.253 e. The molecule has 0 bridgehead atoms. The normalized spacial score (nSPS) is 11.0. The second kappa shape index (κ2) is 8.27. The summed E-state index contributed by atoms with van der Waals surface area (Å²) in [6, 6.07) is 16.6. The monoisotopic (exact) mass is 384 g/mol. The van der Waals surface area contributed by atoms with Crippen LogP contribution in [0.1, 0.15) is 33.6 Å². The van der Waals surface area contributed by atoms with Crippen LogP contribution in [-0.2, 0) is 6.42 Å². The van der Waals surface area contributed by atoms with Gasteiger partial charge in [0.25, 0.3) is 5.91 Å². The van der Waals surface area contributed by atoms with E-state index in [-0.39, 0.29) is 5.91 Å². The lowest BCUT2D eigenvalue weighted by Gasteiger charge is -2.08. The number of nitrogens with zero attached hydrogens (tertiary/aromatic N) is 2. The van der Waals surface area contributed by atoms with Crippen LogP contribution in [0.5, 0.6) is 0 Å². The number of rotatable bonds is 6. The highest BCUT2D eigenvalue weighted by Crippen LogP contribution is 2.26. The lowest BCUT2D eigenvalue weighted by Crippen LogP contribution is -2.25. The fraction of sp³-hybridized carbons (Fsp3) is 0.208. The van der Waals surface area contributed by atoms with E-state index in [4.69, 9.17) is 0 Å². The number of carbonyl (C=O) groups is 1. The quantitative estimate of drug-likeness (QED) is 0.477. The highest BCUT2D eigenvalue weighted by molar-refractivity contribution is 5.95. The van der Waals surface area contributed by atoms with Crippen LogP contribution in [0.3, 0.4) is 0 Å². The summed E-state index contributed by atoms with van der Waals surface area (Å²) in [5.41, 5.74) is 7.34. The Hall–Kier alpha value is -3.47. The van der Waals surface area contributed by atoms with Crippen LogP contribution < -0.4 is 5.32 Å². The second-order valence-electron chi connectivity index (χ2n) is 7.32. The van der Waals surface area contributed by atoms with Crippen LogP contribution >= 0.6 is 0 Å². The van der Waals surface area contributed by atoms with Crippen molar-refractivity contribution >= 4 is 16.8 Å². The first-order valence-electron chi connectivity index (χ1n) is 9.84. The molecule has 0 aliphatic heterocycles. The molecule has 0 unspecified atom stereocenters. The van der Waals surface area contributed by atoms with Gasteiger partial charge in [0.2, 0.25) is 0 Å². The molecule has 0 atom stereocenters. The Morgan fingerprint density at radius 1 is 1.07 bits per heavy atom. The third kappa shape index (κ3) is 4.19. The Kier molecular flexibility index (Phi) is 5.38. The fourth-order valence-corrected chi connectivity index (χ4v) is 3.58. The van der Waals surface area contributed by atoms with Crippen molar-refractivity contribution in [1.29, 1.82) is 0 Å². The molecule has 4 aromatic rings. The summed E-state index contributed by atoms with van der Waals surface area (Å²) in [6.07, 6.45) is 5.38. The molecule has 29 heavy (non-hydrogen) atoms. The second-order valence-corrected chi connectivity index (χ2v) is 7.32. The number of aromatic amines is 1. The van der Waals surface area contributed by atoms with Gasteiger partial charge in [0.15, 0.2) is 0 Å². The third-order valence-electron chi connectivity index (χ3n) is 5.21. The van der Waals surface area contributed by atoms with Crippen LogP contribution in [0, 0.1) is 13.8 Å². The van der Waals surface area contributed by atoms with Crippen LogP contribution in [-0.4, -0.2) is 27.6 Å². The first-order valence-corrected chi connectivity index (χ1v) is 9.84. The molecule has 0 spiro atoms. The Bertz CT molecular complexity index is 1150. The van der Waals surface area contributed by atoms with Gasteiger partial charge in [-0.05, 0) is 73.2 Å². The zero-order chi connectivity index (χ0) is 20.2. The summed E-state index contributed by atoms with van der Waals surface area (Å²) >= 11 is 0. The molecule has 0 saturated heterocycles. The Morgan fingerprint density at radius 3 is 2.69 bits per heavy atom. The lowest BCUT2D eigenvalue weighted by molar-refractivity contribution is 0.0952. The SMILES string of the molecule is Cc1ncccc1C(=O)NCCCc1ccc(-c2cc(C)c3[nH]ncc3c2)cc1. The molecular formula is C24H24N4O. The number of benzene rings is 2. The van der Waals surface area contributed by atoms with Crippen molar-refractivity contribution in [3.8, 4) is 11.1 Å². The van der Waals surface area contributed by atoms with Crippen LogP contribution in [0.2, 0.25) is 0 Å². The van der Waals surface area contributed by atoms with Gasteiger partial charge in [-0.2, -0.15) is 5.10 Å². The summed E-state index contributed by atoms with van der Waals surface area (Å²) in [5.74, 6) is -0.0593. The Labute approximate surface area is 170 Å². The molecule has 2 heterocycles. The van der Waals surface area contributed by atoms with Gasteiger partial charge in [-0.25, -0.2) is 0 Å². The average Bonchev–Trinajstić information content (AvgIpc) is 3.21. The van der Waals surface area contributed by atoms with Crippen molar-refractivity contribution in [3.05, 3.63) is 83.3 Å². The third-order valence-corrected chi connectivity index (χ3v) is 5.21. The molecule has 4 rings (SSSR count). The van der Waals surface area contributed by atoms with E-state index in [1.54, 1.807) is 18.3 Å². The van der Waals surface area contributed by atoms with Crippen molar-refractivity contribution in [2.24, 2.45) is 0 Å². The lowest BCUT2D eigenvalue weighted by atomic mass is 9.99. The van der Waals surface area contributed by atoms with E-state index in [1.165, 1.54) is 22.3 Å². The molecule has 0 aliphatic rings. The molecule has 0 fully saturated rings. The van der Waals surface area contributed by atoms with Gasteiger partial charge in [0, 0.05) is 23.8 Å². The zero-order valence-corrected chi connectivity index (χ0v) is 16.7. The highest BCUT2D eigenvalue weighted by atomic mass is 16.1. The average molecular weight is 384 g/mol. The van der Waals surface area contributed by atoms with E-state index in [1.807, 2.05) is 13.1 Å².